The van der Waals surface area contributed by atoms with Crippen molar-refractivity contribution in [2.45, 2.75) is 44.1 Å². The first kappa shape index (κ1) is 20.5. The molecule has 2 fully saturated rings. The number of hydrogen-bond donors (Lipinski definition) is 2. The Hall–Kier alpha value is -3.37. The summed E-state index contributed by atoms with van der Waals surface area (Å²) in [6.07, 6.45) is -1.32. The number of aromatic nitrogens is 2. The van der Waals surface area contributed by atoms with Crippen LogP contribution in [0.3, 0.4) is 0 Å². The highest BCUT2D eigenvalue weighted by atomic mass is 19.3. The molecule has 2 amide bonds. The number of aryl methyl sites for hydroxylation is 2. The van der Waals surface area contributed by atoms with E-state index >= 15 is 0 Å². The minimum atomic E-state index is -3.71. The van der Waals surface area contributed by atoms with Crippen molar-refractivity contribution in [2.24, 2.45) is 13.0 Å². The number of ether oxygens (including phenoxy) is 3. The van der Waals surface area contributed by atoms with E-state index in [-0.39, 0.29) is 53.2 Å². The third-order valence-corrected chi connectivity index (χ3v) is 6.36. The van der Waals surface area contributed by atoms with Crippen LogP contribution in [-0.2, 0) is 11.8 Å². The Kier molecular flexibility index (Phi) is 4.54. The van der Waals surface area contributed by atoms with Crippen LogP contribution >= 0.6 is 0 Å². The summed E-state index contributed by atoms with van der Waals surface area (Å²) < 4.78 is 41.9. The molecule has 2 heterocycles. The highest BCUT2D eigenvalue weighted by Gasteiger charge is 2.61. The number of nitrogens with one attached hydrogen (secondary N) is 2. The number of hydrogen-bond acceptors (Lipinski definition) is 6. The molecule has 5 rings (SSSR count). The number of alkyl halides is 2. The van der Waals surface area contributed by atoms with Crippen LogP contribution in [0.2, 0.25) is 0 Å². The van der Waals surface area contributed by atoms with Gasteiger partial charge in [0.2, 0.25) is 0 Å². The third kappa shape index (κ3) is 3.51. The van der Waals surface area contributed by atoms with Gasteiger partial charge in [0, 0.05) is 30.6 Å². The van der Waals surface area contributed by atoms with Gasteiger partial charge in [-0.2, -0.15) is 5.10 Å². The standard InChI is InChI=1S/C21H22F2N4O5/c1-11-7-15(27(2)26-11)19(29)24-14-9-20(6-5-13(14)20)25-18(28)10-30-12-3-4-16-17(8-12)32-21(22,23)31-16/h3-4,7-8,13-14H,5-6,9-10H2,1-2H3,(H,24,29)(H,25,28). The van der Waals surface area contributed by atoms with E-state index < -0.39 is 6.29 Å². The Morgan fingerprint density at radius 2 is 2.06 bits per heavy atom. The van der Waals surface area contributed by atoms with Crippen molar-refractivity contribution in [3.63, 3.8) is 0 Å². The summed E-state index contributed by atoms with van der Waals surface area (Å²) in [4.78, 5) is 24.9. The van der Waals surface area contributed by atoms with E-state index in [2.05, 4.69) is 25.2 Å². The van der Waals surface area contributed by atoms with Crippen LogP contribution in [0.1, 0.15) is 35.4 Å². The Labute approximate surface area is 182 Å². The molecule has 32 heavy (non-hydrogen) atoms. The first-order valence-corrected chi connectivity index (χ1v) is 10.3. The van der Waals surface area contributed by atoms with E-state index in [1.165, 1.54) is 18.2 Å². The maximum atomic E-state index is 13.1. The molecular weight excluding hydrogens is 426 g/mol. The Morgan fingerprint density at radius 1 is 1.28 bits per heavy atom. The highest BCUT2D eigenvalue weighted by Crippen LogP contribution is 2.54. The molecule has 2 aliphatic carbocycles. The number of benzene rings is 1. The Bertz CT molecular complexity index is 1100. The number of fused-ring (bicyclic) bond motifs is 2. The number of carbonyl (C=O) groups excluding carboxylic acids is 2. The Morgan fingerprint density at radius 3 is 2.72 bits per heavy atom. The number of rotatable bonds is 6. The lowest BCUT2D eigenvalue weighted by molar-refractivity contribution is -0.286. The minimum absolute atomic E-state index is 0.0109. The molecule has 2 N–H and O–H groups in total. The van der Waals surface area contributed by atoms with Crippen molar-refractivity contribution < 1.29 is 32.6 Å². The fourth-order valence-corrected chi connectivity index (χ4v) is 4.78. The molecule has 3 unspecified atom stereocenters. The molecule has 9 nitrogen and oxygen atoms in total. The van der Waals surface area contributed by atoms with Gasteiger partial charge in [-0.05, 0) is 44.4 Å². The number of carbonyl (C=O) groups is 2. The molecule has 2 aromatic rings. The summed E-state index contributed by atoms with van der Waals surface area (Å²) in [6, 6.07) is 5.70. The van der Waals surface area contributed by atoms with Crippen molar-refractivity contribution >= 4 is 11.8 Å². The van der Waals surface area contributed by atoms with Gasteiger partial charge < -0.3 is 24.8 Å². The summed E-state index contributed by atoms with van der Waals surface area (Å²) in [5, 5.41) is 10.2. The fourth-order valence-electron chi connectivity index (χ4n) is 4.78. The van der Waals surface area contributed by atoms with E-state index in [1.54, 1.807) is 17.8 Å². The molecule has 3 aliphatic rings. The predicted octanol–water partition coefficient (Wildman–Crippen LogP) is 1.90. The monoisotopic (exact) mass is 448 g/mol. The first-order chi connectivity index (χ1) is 15.1. The first-order valence-electron chi connectivity index (χ1n) is 10.3. The van der Waals surface area contributed by atoms with Gasteiger partial charge in [0.15, 0.2) is 18.1 Å². The van der Waals surface area contributed by atoms with Crippen LogP contribution in [0, 0.1) is 12.8 Å². The quantitative estimate of drug-likeness (QED) is 0.700. The molecule has 1 aliphatic heterocycles. The average Bonchev–Trinajstić information content (AvgIpc) is 3.20. The molecule has 0 radical (unpaired) electrons. The van der Waals surface area contributed by atoms with Crippen LogP contribution < -0.4 is 24.8 Å². The van der Waals surface area contributed by atoms with Gasteiger partial charge in [-0.3, -0.25) is 14.3 Å². The lowest BCUT2D eigenvalue weighted by Gasteiger charge is -2.63. The van der Waals surface area contributed by atoms with E-state index in [0.717, 1.165) is 18.5 Å². The number of halogens is 2. The van der Waals surface area contributed by atoms with E-state index in [4.69, 9.17) is 4.74 Å². The predicted molar refractivity (Wildman–Crippen MR) is 106 cm³/mol. The summed E-state index contributed by atoms with van der Waals surface area (Å²) >= 11 is 0. The Balaban J connectivity index is 1.12. The minimum Gasteiger partial charge on any atom is -0.484 e. The number of amides is 2. The number of nitrogens with zero attached hydrogens (tertiary/aromatic N) is 2. The lowest BCUT2D eigenvalue weighted by Crippen LogP contribution is -2.76. The van der Waals surface area contributed by atoms with Crippen LogP contribution in [0.4, 0.5) is 8.78 Å². The molecule has 2 saturated carbocycles. The second kappa shape index (κ2) is 7.07. The molecule has 0 saturated heterocycles. The third-order valence-electron chi connectivity index (χ3n) is 6.36. The van der Waals surface area contributed by atoms with Crippen molar-refractivity contribution in [2.75, 3.05) is 6.61 Å². The van der Waals surface area contributed by atoms with E-state index in [1.807, 2.05) is 6.92 Å². The SMILES string of the molecule is Cc1cc(C(=O)NC2CC3(NC(=O)COc4ccc5c(c4)OC(F)(F)O5)CCC23)n(C)n1. The molecule has 3 atom stereocenters. The van der Waals surface area contributed by atoms with Crippen molar-refractivity contribution in [1.29, 1.82) is 0 Å². The second-order valence-electron chi connectivity index (χ2n) is 8.49. The van der Waals surface area contributed by atoms with Gasteiger partial charge in [-0.25, -0.2) is 0 Å². The van der Waals surface area contributed by atoms with E-state index in [9.17, 15) is 18.4 Å². The van der Waals surface area contributed by atoms with Gasteiger partial charge in [0.05, 0.1) is 5.69 Å². The van der Waals surface area contributed by atoms with Crippen molar-refractivity contribution in [3.05, 3.63) is 35.7 Å². The van der Waals surface area contributed by atoms with Crippen LogP contribution in [-0.4, -0.2) is 46.1 Å². The highest BCUT2D eigenvalue weighted by molar-refractivity contribution is 5.93. The molecule has 170 valence electrons. The van der Waals surface area contributed by atoms with Crippen LogP contribution in [0.25, 0.3) is 0 Å². The molecule has 11 heteroatoms. The van der Waals surface area contributed by atoms with Gasteiger partial charge in [-0.1, -0.05) is 0 Å². The van der Waals surface area contributed by atoms with Crippen molar-refractivity contribution in [1.82, 2.24) is 20.4 Å². The zero-order valence-electron chi connectivity index (χ0n) is 17.5. The van der Waals surface area contributed by atoms with Crippen LogP contribution in [0.15, 0.2) is 24.3 Å². The molecular formula is C21H22F2N4O5. The van der Waals surface area contributed by atoms with E-state index in [0.29, 0.717) is 12.1 Å². The molecule has 1 aromatic carbocycles. The maximum absolute atomic E-state index is 13.1. The summed E-state index contributed by atoms with van der Waals surface area (Å²) in [5.74, 6) is -0.351. The van der Waals surface area contributed by atoms with Gasteiger partial charge in [-0.15, -0.1) is 8.78 Å². The topological polar surface area (TPSA) is 104 Å². The largest absolute Gasteiger partial charge is 0.586 e. The van der Waals surface area contributed by atoms with Crippen LogP contribution in [0.5, 0.6) is 17.2 Å². The van der Waals surface area contributed by atoms with Crippen molar-refractivity contribution in [3.8, 4) is 17.2 Å². The maximum Gasteiger partial charge on any atom is 0.586 e. The summed E-state index contributed by atoms with van der Waals surface area (Å²) in [7, 11) is 1.72. The van der Waals surface area contributed by atoms with Gasteiger partial charge in [0.25, 0.3) is 11.8 Å². The second-order valence-corrected chi connectivity index (χ2v) is 8.49. The van der Waals surface area contributed by atoms with Gasteiger partial charge in [0.1, 0.15) is 11.4 Å². The molecule has 0 spiro atoms. The molecule has 0 bridgehead atoms. The zero-order valence-corrected chi connectivity index (χ0v) is 17.5. The van der Waals surface area contributed by atoms with Gasteiger partial charge >= 0.3 is 6.29 Å². The average molecular weight is 448 g/mol. The summed E-state index contributed by atoms with van der Waals surface area (Å²) in [5.41, 5.74) is 0.934. The zero-order chi connectivity index (χ0) is 22.7. The molecule has 1 aromatic heterocycles. The normalized spacial score (nSPS) is 26.4. The summed E-state index contributed by atoms with van der Waals surface area (Å²) in [6.45, 7) is 1.56. The smallest absolute Gasteiger partial charge is 0.484 e. The fraction of sp³-hybridized carbons (Fsp3) is 0.476. The lowest BCUT2D eigenvalue weighted by atomic mass is 9.50.